The van der Waals surface area contributed by atoms with Crippen LogP contribution in [0.5, 0.6) is 0 Å². The summed E-state index contributed by atoms with van der Waals surface area (Å²) < 4.78 is 0. The van der Waals surface area contributed by atoms with Gasteiger partial charge in [0.05, 0.1) is 6.10 Å². The summed E-state index contributed by atoms with van der Waals surface area (Å²) in [6.07, 6.45) is 1.74. The molecule has 1 aromatic carbocycles. The molecule has 0 spiro atoms. The van der Waals surface area contributed by atoms with Gasteiger partial charge < -0.3 is 10.0 Å². The Hall–Kier alpha value is -0.670. The van der Waals surface area contributed by atoms with Crippen molar-refractivity contribution in [2.75, 3.05) is 24.0 Å². The molecule has 0 fully saturated rings. The molecule has 1 aromatic rings. The van der Waals surface area contributed by atoms with Gasteiger partial charge in [-0.2, -0.15) is 11.8 Å². The summed E-state index contributed by atoms with van der Waals surface area (Å²) in [5.74, 6) is 1.12. The summed E-state index contributed by atoms with van der Waals surface area (Å²) in [5, 5.41) is 9.43. The van der Waals surface area contributed by atoms with Gasteiger partial charge in [0.25, 0.3) is 0 Å². The highest BCUT2D eigenvalue weighted by Crippen LogP contribution is 2.20. The number of hydrogen-bond donors (Lipinski definition) is 1. The van der Waals surface area contributed by atoms with Crippen molar-refractivity contribution in [3.8, 4) is 0 Å². The van der Waals surface area contributed by atoms with Gasteiger partial charge in [-0.05, 0) is 37.8 Å². The van der Waals surface area contributed by atoms with E-state index in [1.54, 1.807) is 6.92 Å². The minimum atomic E-state index is -0.386. The summed E-state index contributed by atoms with van der Waals surface area (Å²) in [6.45, 7) is 4.01. The number of anilines is 1. The van der Waals surface area contributed by atoms with E-state index in [1.165, 1.54) is 5.69 Å². The number of aliphatic hydroxyl groups excluding tert-OH is 1. The molecule has 0 aliphatic heterocycles. The maximum Gasteiger partial charge on any atom is 0.0761 e. The van der Waals surface area contributed by atoms with Crippen molar-refractivity contribution in [2.24, 2.45) is 0 Å². The molecule has 0 radical (unpaired) electrons. The highest BCUT2D eigenvalue weighted by atomic mass is 32.2. The first kappa shape index (κ1) is 13.4. The van der Waals surface area contributed by atoms with Crippen LogP contribution < -0.4 is 4.90 Å². The van der Waals surface area contributed by atoms with E-state index in [9.17, 15) is 5.11 Å². The second-order valence-electron chi connectivity index (χ2n) is 4.18. The Morgan fingerprint density at radius 2 is 1.81 bits per heavy atom. The highest BCUT2D eigenvalue weighted by Gasteiger charge is 2.09. The fraction of sp³-hybridized carbons (Fsp3) is 0.538. The molecular formula is C13H21NOS. The molecule has 0 aliphatic carbocycles. The maximum atomic E-state index is 9.43. The lowest BCUT2D eigenvalue weighted by molar-refractivity contribution is 0.199. The summed E-state index contributed by atoms with van der Waals surface area (Å²) in [4.78, 5) is 2.27. The van der Waals surface area contributed by atoms with Crippen molar-refractivity contribution in [2.45, 2.75) is 26.0 Å². The molecule has 16 heavy (non-hydrogen) atoms. The highest BCUT2D eigenvalue weighted by molar-refractivity contribution is 7.98. The SMILES string of the molecule is CSCC(C)N(C)c1ccc([C@@H](C)O)cc1. The molecule has 1 rings (SSSR count). The zero-order chi connectivity index (χ0) is 12.1. The average Bonchev–Trinajstić information content (AvgIpc) is 2.28. The van der Waals surface area contributed by atoms with E-state index in [2.05, 4.69) is 37.3 Å². The first-order valence-corrected chi connectivity index (χ1v) is 6.95. The third-order valence-corrected chi connectivity index (χ3v) is 3.67. The number of nitrogens with zero attached hydrogens (tertiary/aromatic N) is 1. The lowest BCUT2D eigenvalue weighted by atomic mass is 10.1. The van der Waals surface area contributed by atoms with Gasteiger partial charge in [-0.3, -0.25) is 0 Å². The van der Waals surface area contributed by atoms with E-state index < -0.39 is 0 Å². The van der Waals surface area contributed by atoms with Crippen LogP contribution in [0.4, 0.5) is 5.69 Å². The molecular weight excluding hydrogens is 218 g/mol. The molecule has 0 aliphatic rings. The molecule has 0 saturated carbocycles. The van der Waals surface area contributed by atoms with Gasteiger partial charge in [-0.15, -0.1) is 0 Å². The number of rotatable bonds is 5. The van der Waals surface area contributed by atoms with E-state index in [-0.39, 0.29) is 6.10 Å². The van der Waals surface area contributed by atoms with Crippen molar-refractivity contribution < 1.29 is 5.11 Å². The van der Waals surface area contributed by atoms with Gasteiger partial charge in [0.1, 0.15) is 0 Å². The van der Waals surface area contributed by atoms with Crippen LogP contribution in [0.3, 0.4) is 0 Å². The molecule has 2 atom stereocenters. The van der Waals surface area contributed by atoms with Gasteiger partial charge in [-0.25, -0.2) is 0 Å². The van der Waals surface area contributed by atoms with Crippen LogP contribution in [0.1, 0.15) is 25.5 Å². The minimum absolute atomic E-state index is 0.386. The van der Waals surface area contributed by atoms with E-state index in [4.69, 9.17) is 0 Å². The fourth-order valence-electron chi connectivity index (χ4n) is 1.60. The van der Waals surface area contributed by atoms with Crippen molar-refractivity contribution in [1.29, 1.82) is 0 Å². The fourth-order valence-corrected chi connectivity index (χ4v) is 2.30. The van der Waals surface area contributed by atoms with Crippen molar-refractivity contribution >= 4 is 17.4 Å². The molecule has 1 N–H and O–H groups in total. The molecule has 1 unspecified atom stereocenters. The Labute approximate surface area is 103 Å². The van der Waals surface area contributed by atoms with E-state index in [1.807, 2.05) is 23.9 Å². The van der Waals surface area contributed by atoms with E-state index in [0.29, 0.717) is 6.04 Å². The van der Waals surface area contributed by atoms with Crippen molar-refractivity contribution in [3.63, 3.8) is 0 Å². The quantitative estimate of drug-likeness (QED) is 0.854. The smallest absolute Gasteiger partial charge is 0.0761 e. The lowest BCUT2D eigenvalue weighted by Gasteiger charge is -2.26. The molecule has 3 heteroatoms. The largest absolute Gasteiger partial charge is 0.389 e. The molecule has 0 amide bonds. The van der Waals surface area contributed by atoms with Crippen LogP contribution in [0, 0.1) is 0 Å². The summed E-state index contributed by atoms with van der Waals surface area (Å²) in [6, 6.07) is 8.63. The normalized spacial score (nSPS) is 14.6. The van der Waals surface area contributed by atoms with Gasteiger partial charge in [0.2, 0.25) is 0 Å². The van der Waals surface area contributed by atoms with Gasteiger partial charge in [0, 0.05) is 24.5 Å². The molecule has 90 valence electrons. The topological polar surface area (TPSA) is 23.5 Å². The van der Waals surface area contributed by atoms with Crippen LogP contribution in [-0.4, -0.2) is 30.2 Å². The van der Waals surface area contributed by atoms with E-state index >= 15 is 0 Å². The van der Waals surface area contributed by atoms with Crippen LogP contribution in [0.2, 0.25) is 0 Å². The van der Waals surface area contributed by atoms with Crippen LogP contribution >= 0.6 is 11.8 Å². The third kappa shape index (κ3) is 3.42. The predicted molar refractivity (Wildman–Crippen MR) is 73.3 cm³/mol. The maximum absolute atomic E-state index is 9.43. The predicted octanol–water partition coefficient (Wildman–Crippen LogP) is 2.93. The Morgan fingerprint density at radius 3 is 2.25 bits per heavy atom. The number of hydrogen-bond acceptors (Lipinski definition) is 3. The van der Waals surface area contributed by atoms with Crippen molar-refractivity contribution in [1.82, 2.24) is 0 Å². The number of aliphatic hydroxyl groups is 1. The van der Waals surface area contributed by atoms with Gasteiger partial charge in [0.15, 0.2) is 0 Å². The Kier molecular flexibility index (Phi) is 5.16. The van der Waals surface area contributed by atoms with Gasteiger partial charge >= 0.3 is 0 Å². The zero-order valence-electron chi connectivity index (χ0n) is 10.5. The Bertz CT molecular complexity index is 310. The van der Waals surface area contributed by atoms with Gasteiger partial charge in [-0.1, -0.05) is 12.1 Å². The monoisotopic (exact) mass is 239 g/mol. The molecule has 2 nitrogen and oxygen atoms in total. The van der Waals surface area contributed by atoms with Crippen LogP contribution in [-0.2, 0) is 0 Å². The summed E-state index contributed by atoms with van der Waals surface area (Å²) in [5.41, 5.74) is 2.17. The van der Waals surface area contributed by atoms with Crippen LogP contribution in [0.15, 0.2) is 24.3 Å². The summed E-state index contributed by atoms with van der Waals surface area (Å²) in [7, 11) is 2.11. The van der Waals surface area contributed by atoms with E-state index in [0.717, 1.165) is 11.3 Å². The second-order valence-corrected chi connectivity index (χ2v) is 5.09. The first-order valence-electron chi connectivity index (χ1n) is 5.56. The molecule has 0 heterocycles. The standard InChI is InChI=1S/C13H21NOS/c1-10(9-16-4)14(3)13-7-5-12(6-8-13)11(2)15/h5-8,10-11,15H,9H2,1-4H3/t10?,11-/m1/s1. The second kappa shape index (κ2) is 6.16. The molecule has 0 saturated heterocycles. The Morgan fingerprint density at radius 1 is 1.25 bits per heavy atom. The Balaban J connectivity index is 2.73. The molecule has 0 bridgehead atoms. The number of benzene rings is 1. The molecule has 0 aromatic heterocycles. The van der Waals surface area contributed by atoms with Crippen molar-refractivity contribution in [3.05, 3.63) is 29.8 Å². The minimum Gasteiger partial charge on any atom is -0.389 e. The number of thioether (sulfide) groups is 1. The zero-order valence-corrected chi connectivity index (χ0v) is 11.3. The summed E-state index contributed by atoms with van der Waals surface area (Å²) >= 11 is 1.86. The average molecular weight is 239 g/mol. The first-order chi connectivity index (χ1) is 7.56. The van der Waals surface area contributed by atoms with Crippen LogP contribution in [0.25, 0.3) is 0 Å². The third-order valence-electron chi connectivity index (χ3n) is 2.85. The lowest BCUT2D eigenvalue weighted by Crippen LogP contribution is -2.30.